The summed E-state index contributed by atoms with van der Waals surface area (Å²) in [4.78, 5) is 30.3. The molecule has 1 heterocycles. The second kappa shape index (κ2) is 8.08. The van der Waals surface area contributed by atoms with Crippen molar-refractivity contribution in [2.75, 3.05) is 13.1 Å². The molecule has 1 aromatic carbocycles. The molecule has 0 saturated carbocycles. The quantitative estimate of drug-likeness (QED) is 0.891. The highest BCUT2D eigenvalue weighted by Gasteiger charge is 2.15. The van der Waals surface area contributed by atoms with Crippen molar-refractivity contribution in [3.8, 4) is 0 Å². The second-order valence-corrected chi connectivity index (χ2v) is 5.08. The zero-order chi connectivity index (χ0) is 16.7. The van der Waals surface area contributed by atoms with Crippen molar-refractivity contribution in [3.05, 3.63) is 65.5 Å². The SMILES string of the molecule is CCN(CC)C(=O)c1ccnc(C(=O)NCc2ccccc2)c1. The molecule has 0 aliphatic heterocycles. The van der Waals surface area contributed by atoms with Crippen LogP contribution in [0.3, 0.4) is 0 Å². The van der Waals surface area contributed by atoms with E-state index in [1.165, 1.54) is 6.20 Å². The number of pyridine rings is 1. The summed E-state index contributed by atoms with van der Waals surface area (Å²) in [7, 11) is 0. The van der Waals surface area contributed by atoms with Crippen LogP contribution < -0.4 is 5.32 Å². The number of amides is 2. The van der Waals surface area contributed by atoms with E-state index in [1.54, 1.807) is 17.0 Å². The molecule has 0 radical (unpaired) electrons. The summed E-state index contributed by atoms with van der Waals surface area (Å²) in [5, 5.41) is 2.81. The van der Waals surface area contributed by atoms with Crippen molar-refractivity contribution >= 4 is 11.8 Å². The lowest BCUT2D eigenvalue weighted by molar-refractivity contribution is 0.0773. The third-order valence-electron chi connectivity index (χ3n) is 3.59. The summed E-state index contributed by atoms with van der Waals surface area (Å²) in [6, 6.07) is 12.8. The van der Waals surface area contributed by atoms with Crippen LogP contribution in [0.25, 0.3) is 0 Å². The van der Waals surface area contributed by atoms with E-state index < -0.39 is 0 Å². The van der Waals surface area contributed by atoms with E-state index >= 15 is 0 Å². The van der Waals surface area contributed by atoms with Crippen LogP contribution in [0.2, 0.25) is 0 Å². The molecule has 1 aromatic heterocycles. The Hall–Kier alpha value is -2.69. The van der Waals surface area contributed by atoms with Crippen LogP contribution in [0.15, 0.2) is 48.7 Å². The maximum atomic E-state index is 12.3. The van der Waals surface area contributed by atoms with Gasteiger partial charge in [0.1, 0.15) is 5.69 Å². The van der Waals surface area contributed by atoms with Crippen molar-refractivity contribution in [3.63, 3.8) is 0 Å². The molecule has 0 saturated heterocycles. The van der Waals surface area contributed by atoms with Crippen LogP contribution in [0.5, 0.6) is 0 Å². The molecule has 5 heteroatoms. The Bertz CT molecular complexity index is 667. The first-order chi connectivity index (χ1) is 11.2. The van der Waals surface area contributed by atoms with Gasteiger partial charge in [-0.2, -0.15) is 0 Å². The van der Waals surface area contributed by atoms with Crippen LogP contribution in [0, 0.1) is 0 Å². The molecular weight excluding hydrogens is 290 g/mol. The van der Waals surface area contributed by atoms with Gasteiger partial charge in [-0.25, -0.2) is 0 Å². The highest BCUT2D eigenvalue weighted by molar-refractivity contribution is 5.98. The van der Waals surface area contributed by atoms with Gasteiger partial charge in [0.05, 0.1) is 0 Å². The summed E-state index contributed by atoms with van der Waals surface area (Å²) in [6.07, 6.45) is 1.49. The number of carbonyl (C=O) groups is 2. The molecule has 2 amide bonds. The summed E-state index contributed by atoms with van der Waals surface area (Å²) in [5.74, 6) is -0.377. The molecule has 5 nitrogen and oxygen atoms in total. The zero-order valence-electron chi connectivity index (χ0n) is 13.5. The average molecular weight is 311 g/mol. The molecule has 0 atom stereocenters. The molecular formula is C18H21N3O2. The normalized spacial score (nSPS) is 10.2. The Morgan fingerprint density at radius 3 is 2.43 bits per heavy atom. The minimum Gasteiger partial charge on any atom is -0.347 e. The van der Waals surface area contributed by atoms with Crippen LogP contribution in [-0.4, -0.2) is 34.8 Å². The van der Waals surface area contributed by atoms with E-state index in [-0.39, 0.29) is 17.5 Å². The average Bonchev–Trinajstić information content (AvgIpc) is 2.61. The van der Waals surface area contributed by atoms with Gasteiger partial charge in [0.25, 0.3) is 11.8 Å². The number of hydrogen-bond donors (Lipinski definition) is 1. The summed E-state index contributed by atoms with van der Waals surface area (Å²) < 4.78 is 0. The van der Waals surface area contributed by atoms with Crippen molar-refractivity contribution in [2.45, 2.75) is 20.4 Å². The molecule has 23 heavy (non-hydrogen) atoms. The lowest BCUT2D eigenvalue weighted by Gasteiger charge is -2.18. The number of benzene rings is 1. The van der Waals surface area contributed by atoms with Gasteiger partial charge in [-0.3, -0.25) is 14.6 Å². The zero-order valence-corrected chi connectivity index (χ0v) is 13.5. The van der Waals surface area contributed by atoms with Gasteiger partial charge in [0, 0.05) is 31.4 Å². The van der Waals surface area contributed by atoms with Gasteiger partial charge in [0.2, 0.25) is 0 Å². The van der Waals surface area contributed by atoms with Crippen LogP contribution in [0.4, 0.5) is 0 Å². The Kier molecular flexibility index (Phi) is 5.86. The maximum absolute atomic E-state index is 12.3. The maximum Gasteiger partial charge on any atom is 0.270 e. The van der Waals surface area contributed by atoms with Gasteiger partial charge in [0.15, 0.2) is 0 Å². The van der Waals surface area contributed by atoms with Crippen LogP contribution in [-0.2, 0) is 6.54 Å². The lowest BCUT2D eigenvalue weighted by Crippen LogP contribution is -2.31. The third kappa shape index (κ3) is 4.39. The largest absolute Gasteiger partial charge is 0.347 e. The van der Waals surface area contributed by atoms with Gasteiger partial charge in [-0.15, -0.1) is 0 Å². The Morgan fingerprint density at radius 1 is 1.09 bits per heavy atom. The van der Waals surface area contributed by atoms with Gasteiger partial charge >= 0.3 is 0 Å². The minimum atomic E-state index is -0.289. The number of hydrogen-bond acceptors (Lipinski definition) is 3. The van der Waals surface area contributed by atoms with Gasteiger partial charge in [-0.1, -0.05) is 30.3 Å². The first kappa shape index (κ1) is 16.7. The van der Waals surface area contributed by atoms with Gasteiger partial charge in [-0.05, 0) is 31.5 Å². The van der Waals surface area contributed by atoms with E-state index in [1.807, 2.05) is 44.2 Å². The lowest BCUT2D eigenvalue weighted by atomic mass is 10.2. The van der Waals surface area contributed by atoms with Crippen molar-refractivity contribution < 1.29 is 9.59 Å². The molecule has 2 aromatic rings. The molecule has 1 N–H and O–H groups in total. The second-order valence-electron chi connectivity index (χ2n) is 5.08. The smallest absolute Gasteiger partial charge is 0.270 e. The van der Waals surface area contributed by atoms with E-state index in [4.69, 9.17) is 0 Å². The molecule has 0 spiro atoms. The standard InChI is InChI=1S/C18H21N3O2/c1-3-21(4-2)18(23)15-10-11-19-16(12-15)17(22)20-13-14-8-6-5-7-9-14/h5-12H,3-4,13H2,1-2H3,(H,20,22). The molecule has 0 aliphatic carbocycles. The van der Waals surface area contributed by atoms with Crippen molar-refractivity contribution in [1.29, 1.82) is 0 Å². The molecule has 120 valence electrons. The minimum absolute atomic E-state index is 0.0884. The molecule has 0 bridgehead atoms. The van der Waals surface area contributed by atoms with E-state index in [0.717, 1.165) is 5.56 Å². The number of nitrogens with one attached hydrogen (secondary N) is 1. The van der Waals surface area contributed by atoms with Crippen molar-refractivity contribution in [1.82, 2.24) is 15.2 Å². The molecule has 0 unspecified atom stereocenters. The fourth-order valence-electron chi connectivity index (χ4n) is 2.25. The van der Waals surface area contributed by atoms with Gasteiger partial charge < -0.3 is 10.2 Å². The number of nitrogens with zero attached hydrogens (tertiary/aromatic N) is 2. The summed E-state index contributed by atoms with van der Waals surface area (Å²) in [5.41, 5.74) is 1.74. The fraction of sp³-hybridized carbons (Fsp3) is 0.278. The Labute approximate surface area is 136 Å². The third-order valence-corrected chi connectivity index (χ3v) is 3.59. The monoisotopic (exact) mass is 311 g/mol. The van der Waals surface area contributed by atoms with Crippen LogP contribution >= 0.6 is 0 Å². The first-order valence-corrected chi connectivity index (χ1v) is 7.73. The predicted octanol–water partition coefficient (Wildman–Crippen LogP) is 2.49. The topological polar surface area (TPSA) is 62.3 Å². The van der Waals surface area contributed by atoms with E-state index in [0.29, 0.717) is 25.2 Å². The molecule has 2 rings (SSSR count). The first-order valence-electron chi connectivity index (χ1n) is 7.73. The van der Waals surface area contributed by atoms with Crippen molar-refractivity contribution in [2.24, 2.45) is 0 Å². The van der Waals surface area contributed by atoms with E-state index in [9.17, 15) is 9.59 Å². The van der Waals surface area contributed by atoms with Crippen LogP contribution in [0.1, 0.15) is 40.3 Å². The summed E-state index contributed by atoms with van der Waals surface area (Å²) in [6.45, 7) is 5.54. The fourth-order valence-corrected chi connectivity index (χ4v) is 2.25. The Balaban J connectivity index is 2.06. The Morgan fingerprint density at radius 2 is 1.78 bits per heavy atom. The number of rotatable bonds is 6. The summed E-state index contributed by atoms with van der Waals surface area (Å²) >= 11 is 0. The number of aromatic nitrogens is 1. The highest BCUT2D eigenvalue weighted by atomic mass is 16.2. The number of carbonyl (C=O) groups excluding carboxylic acids is 2. The predicted molar refractivity (Wildman–Crippen MR) is 89.1 cm³/mol. The molecule has 0 fully saturated rings. The molecule has 0 aliphatic rings. The highest BCUT2D eigenvalue weighted by Crippen LogP contribution is 2.07. The van der Waals surface area contributed by atoms with E-state index in [2.05, 4.69) is 10.3 Å².